The van der Waals surface area contributed by atoms with Crippen molar-refractivity contribution < 1.29 is 0 Å². The van der Waals surface area contributed by atoms with Gasteiger partial charge >= 0.3 is 0 Å². The third-order valence-electron chi connectivity index (χ3n) is 5.44. The van der Waals surface area contributed by atoms with Crippen molar-refractivity contribution in [2.45, 2.75) is 51.4 Å². The van der Waals surface area contributed by atoms with Crippen LogP contribution in [-0.4, -0.2) is 5.33 Å². The first-order valence-corrected chi connectivity index (χ1v) is 7.53. The predicted octanol–water partition coefficient (Wildman–Crippen LogP) is 4.38. The second-order valence-electron chi connectivity index (χ2n) is 5.93. The van der Waals surface area contributed by atoms with Gasteiger partial charge < -0.3 is 0 Å². The lowest BCUT2D eigenvalue weighted by Gasteiger charge is -2.41. The van der Waals surface area contributed by atoms with Gasteiger partial charge in [0.1, 0.15) is 0 Å². The number of alkyl halides is 1. The Morgan fingerprint density at radius 3 is 2.29 bits per heavy atom. The molecule has 3 atom stereocenters. The zero-order chi connectivity index (χ0) is 9.60. The number of rotatable bonds is 2. The molecule has 3 unspecified atom stereocenters. The highest BCUT2D eigenvalue weighted by atomic mass is 79.9. The summed E-state index contributed by atoms with van der Waals surface area (Å²) in [5.74, 6) is 3.28. The van der Waals surface area contributed by atoms with Crippen LogP contribution >= 0.6 is 15.9 Å². The van der Waals surface area contributed by atoms with Crippen molar-refractivity contribution >= 4 is 15.9 Å². The zero-order valence-electron chi connectivity index (χ0n) is 8.97. The van der Waals surface area contributed by atoms with E-state index in [1.54, 1.807) is 25.7 Å². The van der Waals surface area contributed by atoms with E-state index in [9.17, 15) is 0 Å². The molecule has 0 aromatic rings. The first-order chi connectivity index (χ1) is 6.85. The second kappa shape index (κ2) is 3.50. The van der Waals surface area contributed by atoms with Crippen LogP contribution in [0.2, 0.25) is 0 Å². The normalized spacial score (nSPS) is 47.8. The summed E-state index contributed by atoms with van der Waals surface area (Å²) in [5.41, 5.74) is 0.749. The Kier molecular flexibility index (Phi) is 2.42. The largest absolute Gasteiger partial charge is 0.0922 e. The lowest BCUT2D eigenvalue weighted by molar-refractivity contribution is 0.107. The Hall–Kier alpha value is 0.480. The fraction of sp³-hybridized carbons (Fsp3) is 1.00. The molecule has 0 heterocycles. The van der Waals surface area contributed by atoms with Gasteiger partial charge in [0.05, 0.1) is 0 Å². The standard InChI is InChI=1S/C13H21Br/c14-9-13(11-3-1-2-4-11)8-10-5-6-12(13)7-10/h10-12H,1-9H2. The van der Waals surface area contributed by atoms with Crippen LogP contribution in [0.25, 0.3) is 0 Å². The molecule has 0 aliphatic heterocycles. The minimum absolute atomic E-state index is 0.749. The first-order valence-electron chi connectivity index (χ1n) is 6.41. The predicted molar refractivity (Wildman–Crippen MR) is 63.6 cm³/mol. The highest BCUT2D eigenvalue weighted by Gasteiger charge is 2.54. The van der Waals surface area contributed by atoms with Crippen LogP contribution in [0.3, 0.4) is 0 Å². The van der Waals surface area contributed by atoms with Crippen LogP contribution in [0.1, 0.15) is 51.4 Å². The van der Waals surface area contributed by atoms with Crippen molar-refractivity contribution in [3.8, 4) is 0 Å². The first kappa shape index (κ1) is 9.69. The van der Waals surface area contributed by atoms with E-state index >= 15 is 0 Å². The van der Waals surface area contributed by atoms with Crippen LogP contribution in [0.5, 0.6) is 0 Å². The van der Waals surface area contributed by atoms with E-state index in [-0.39, 0.29) is 0 Å². The van der Waals surface area contributed by atoms with Crippen molar-refractivity contribution in [3.63, 3.8) is 0 Å². The molecule has 3 fully saturated rings. The molecule has 0 radical (unpaired) electrons. The zero-order valence-corrected chi connectivity index (χ0v) is 10.6. The van der Waals surface area contributed by atoms with Crippen molar-refractivity contribution in [3.05, 3.63) is 0 Å². The van der Waals surface area contributed by atoms with Crippen LogP contribution < -0.4 is 0 Å². The van der Waals surface area contributed by atoms with E-state index < -0.39 is 0 Å². The van der Waals surface area contributed by atoms with E-state index in [0.717, 1.165) is 23.2 Å². The van der Waals surface area contributed by atoms with Gasteiger partial charge in [0.15, 0.2) is 0 Å². The Morgan fingerprint density at radius 1 is 1.00 bits per heavy atom. The van der Waals surface area contributed by atoms with Crippen LogP contribution in [-0.2, 0) is 0 Å². The fourth-order valence-corrected chi connectivity index (χ4v) is 5.90. The molecule has 0 nitrogen and oxygen atoms in total. The summed E-state index contributed by atoms with van der Waals surface area (Å²) in [5, 5.41) is 1.30. The Labute approximate surface area is 96.0 Å². The minimum atomic E-state index is 0.749. The summed E-state index contributed by atoms with van der Waals surface area (Å²) >= 11 is 3.85. The monoisotopic (exact) mass is 256 g/mol. The molecule has 3 aliphatic carbocycles. The average molecular weight is 257 g/mol. The number of fused-ring (bicyclic) bond motifs is 2. The lowest BCUT2D eigenvalue weighted by Crippen LogP contribution is -2.36. The molecule has 0 amide bonds. The number of halogens is 1. The molecule has 80 valence electrons. The van der Waals surface area contributed by atoms with E-state index in [1.165, 1.54) is 31.0 Å². The second-order valence-corrected chi connectivity index (χ2v) is 6.49. The molecular formula is C13H21Br. The lowest BCUT2D eigenvalue weighted by atomic mass is 9.65. The van der Waals surface area contributed by atoms with Crippen LogP contribution in [0, 0.1) is 23.2 Å². The maximum Gasteiger partial charge on any atom is 0.00933 e. The molecule has 0 N–H and O–H groups in total. The van der Waals surface area contributed by atoms with Gasteiger partial charge in [-0.05, 0) is 55.3 Å². The third kappa shape index (κ3) is 1.24. The minimum Gasteiger partial charge on any atom is -0.0922 e. The highest BCUT2D eigenvalue weighted by molar-refractivity contribution is 9.09. The van der Waals surface area contributed by atoms with Crippen LogP contribution in [0.4, 0.5) is 0 Å². The van der Waals surface area contributed by atoms with Crippen molar-refractivity contribution in [2.24, 2.45) is 23.2 Å². The molecule has 3 aliphatic rings. The summed E-state index contributed by atoms with van der Waals surface area (Å²) in [6.45, 7) is 0. The maximum absolute atomic E-state index is 3.85. The van der Waals surface area contributed by atoms with Gasteiger partial charge in [-0.15, -0.1) is 0 Å². The van der Waals surface area contributed by atoms with Crippen LogP contribution in [0.15, 0.2) is 0 Å². The van der Waals surface area contributed by atoms with Gasteiger partial charge in [-0.1, -0.05) is 35.2 Å². The molecule has 2 bridgehead atoms. The van der Waals surface area contributed by atoms with E-state index in [4.69, 9.17) is 0 Å². The van der Waals surface area contributed by atoms with Crippen molar-refractivity contribution in [1.82, 2.24) is 0 Å². The summed E-state index contributed by atoms with van der Waals surface area (Å²) in [6, 6.07) is 0. The Morgan fingerprint density at radius 2 is 1.79 bits per heavy atom. The molecule has 14 heavy (non-hydrogen) atoms. The highest BCUT2D eigenvalue weighted by Crippen LogP contribution is 2.62. The van der Waals surface area contributed by atoms with Crippen molar-refractivity contribution in [1.29, 1.82) is 0 Å². The molecule has 3 rings (SSSR count). The summed E-state index contributed by atoms with van der Waals surface area (Å²) in [6.07, 6.45) is 12.3. The molecule has 0 aromatic carbocycles. The van der Waals surface area contributed by atoms with Gasteiger partial charge in [0, 0.05) is 5.33 Å². The molecule has 1 heteroatoms. The topological polar surface area (TPSA) is 0 Å². The van der Waals surface area contributed by atoms with E-state index in [0.29, 0.717) is 0 Å². The summed E-state index contributed by atoms with van der Waals surface area (Å²) in [4.78, 5) is 0. The quantitative estimate of drug-likeness (QED) is 0.644. The Balaban J connectivity index is 1.84. The maximum atomic E-state index is 3.85. The molecular weight excluding hydrogens is 236 g/mol. The van der Waals surface area contributed by atoms with E-state index in [1.807, 2.05) is 0 Å². The smallest absolute Gasteiger partial charge is 0.00933 e. The van der Waals surface area contributed by atoms with Gasteiger partial charge in [-0.25, -0.2) is 0 Å². The summed E-state index contributed by atoms with van der Waals surface area (Å²) < 4.78 is 0. The number of hydrogen-bond donors (Lipinski definition) is 0. The van der Waals surface area contributed by atoms with E-state index in [2.05, 4.69) is 15.9 Å². The third-order valence-corrected chi connectivity index (χ3v) is 6.48. The molecule has 0 saturated heterocycles. The molecule has 0 spiro atoms. The van der Waals surface area contributed by atoms with Gasteiger partial charge in [-0.3, -0.25) is 0 Å². The molecule has 3 saturated carbocycles. The summed E-state index contributed by atoms with van der Waals surface area (Å²) in [7, 11) is 0. The fourth-order valence-electron chi connectivity index (χ4n) is 4.76. The van der Waals surface area contributed by atoms with Gasteiger partial charge in [-0.2, -0.15) is 0 Å². The Bertz CT molecular complexity index is 219. The SMILES string of the molecule is BrCC1(C2CCCC2)CC2CCC1C2. The number of hydrogen-bond acceptors (Lipinski definition) is 0. The van der Waals surface area contributed by atoms with Gasteiger partial charge in [0.2, 0.25) is 0 Å². The van der Waals surface area contributed by atoms with Gasteiger partial charge in [0.25, 0.3) is 0 Å². The average Bonchev–Trinajstić information content (AvgIpc) is 2.93. The molecule has 0 aromatic heterocycles. The van der Waals surface area contributed by atoms with Crippen molar-refractivity contribution in [2.75, 3.05) is 5.33 Å².